The van der Waals surface area contributed by atoms with Gasteiger partial charge in [0, 0.05) is 31.6 Å². The number of hydrogen-bond donors (Lipinski definition) is 3. The lowest BCUT2D eigenvalue weighted by Crippen LogP contribution is -2.44. The Kier molecular flexibility index (Phi) is 6.03. The van der Waals surface area contributed by atoms with Crippen LogP contribution in [0.4, 0.5) is 19.3 Å². The number of nitrogens with one attached hydrogen (secondary N) is 2. The molecule has 2 unspecified atom stereocenters. The summed E-state index contributed by atoms with van der Waals surface area (Å²) in [5.41, 5.74) is 1.20. The van der Waals surface area contributed by atoms with Crippen molar-refractivity contribution < 1.29 is 28.3 Å². The molecule has 3 heterocycles. The molecule has 0 spiro atoms. The fraction of sp³-hybridized carbons (Fsp3) is 0.421. The number of likely N-dealkylation sites (N-methyl/N-ethyl adjacent to an activating group) is 1. The van der Waals surface area contributed by atoms with Gasteiger partial charge in [-0.15, -0.1) is 0 Å². The Bertz CT molecular complexity index is 1080. The third kappa shape index (κ3) is 4.01. The average molecular weight is 471 g/mol. The largest absolute Gasteiger partial charge is 0.376 e. The quantitative estimate of drug-likeness (QED) is 0.461. The van der Waals surface area contributed by atoms with E-state index in [2.05, 4.69) is 15.7 Å². The zero-order chi connectivity index (χ0) is 23.2. The second-order valence-corrected chi connectivity index (χ2v) is 7.89. The summed E-state index contributed by atoms with van der Waals surface area (Å²) in [5, 5.41) is 20.4. The Hall–Kier alpha value is -2.80. The molecule has 0 radical (unpaired) electrons. The minimum Gasteiger partial charge on any atom is -0.376 e. The summed E-state index contributed by atoms with van der Waals surface area (Å²) < 4.78 is 28.9. The van der Waals surface area contributed by atoms with E-state index in [0.29, 0.717) is 23.7 Å². The Morgan fingerprint density at radius 1 is 1.38 bits per heavy atom. The first kappa shape index (κ1) is 22.4. The van der Waals surface area contributed by atoms with Crippen LogP contribution in [0.3, 0.4) is 0 Å². The van der Waals surface area contributed by atoms with Crippen LogP contribution in [-0.2, 0) is 24.3 Å². The third-order valence-corrected chi connectivity index (χ3v) is 5.71. The molecule has 1 aromatic heterocycles. The van der Waals surface area contributed by atoms with Gasteiger partial charge in [-0.3, -0.25) is 19.6 Å². The van der Waals surface area contributed by atoms with Gasteiger partial charge in [0.05, 0.1) is 29.5 Å². The van der Waals surface area contributed by atoms with Crippen LogP contribution in [0.1, 0.15) is 21.7 Å². The molecule has 2 aromatic rings. The van der Waals surface area contributed by atoms with Gasteiger partial charge in [0.25, 0.3) is 5.91 Å². The van der Waals surface area contributed by atoms with Crippen molar-refractivity contribution in [3.63, 3.8) is 0 Å². The van der Waals surface area contributed by atoms with Crippen LogP contribution in [0.5, 0.6) is 0 Å². The van der Waals surface area contributed by atoms with Crippen molar-refractivity contribution >= 4 is 29.2 Å². The van der Waals surface area contributed by atoms with E-state index < -0.39 is 35.9 Å². The number of nitrogens with zero attached hydrogens (tertiary/aromatic N) is 4. The van der Waals surface area contributed by atoms with Gasteiger partial charge in [0.1, 0.15) is 29.7 Å². The molecule has 0 saturated carbocycles. The molecule has 2 aliphatic rings. The molecule has 2 aliphatic heterocycles. The summed E-state index contributed by atoms with van der Waals surface area (Å²) in [4.78, 5) is 32.6. The summed E-state index contributed by atoms with van der Waals surface area (Å²) >= 11 is 5.68. The van der Waals surface area contributed by atoms with Gasteiger partial charge in [-0.2, -0.15) is 5.10 Å². The van der Waals surface area contributed by atoms with Crippen molar-refractivity contribution in [2.75, 3.05) is 26.0 Å². The number of hydroxylamine groups is 2. The van der Waals surface area contributed by atoms with Crippen molar-refractivity contribution in [2.45, 2.75) is 31.8 Å². The predicted octanol–water partition coefficient (Wildman–Crippen LogP) is 1.33. The molecule has 0 fully saturated rings. The fourth-order valence-corrected chi connectivity index (χ4v) is 3.89. The van der Waals surface area contributed by atoms with E-state index in [1.54, 1.807) is 7.05 Å². The Morgan fingerprint density at radius 2 is 2.12 bits per heavy atom. The number of anilines is 1. The van der Waals surface area contributed by atoms with E-state index in [0.717, 1.165) is 11.1 Å². The predicted molar refractivity (Wildman–Crippen MR) is 109 cm³/mol. The number of aliphatic hydroxyl groups is 1. The van der Waals surface area contributed by atoms with Crippen LogP contribution in [-0.4, -0.2) is 69.8 Å². The lowest BCUT2D eigenvalue weighted by atomic mass is 10.1. The van der Waals surface area contributed by atoms with Gasteiger partial charge in [-0.05, 0) is 13.1 Å². The number of carbonyl (C=O) groups is 2. The number of urea groups is 1. The standard InChI is InChI=1S/C19H21ClF2N6O4/c1-23-17(29)15-8-28-16(18(30)26(2)32-15)9-7-27(4-3-13(9)25-28)19(31)24-14-5-10(20)11(21)6-12(14)22/h5-6,15,17,23,29H,3-4,7-8H2,1-2H3,(H,24,31). The van der Waals surface area contributed by atoms with Crippen molar-refractivity contribution in [2.24, 2.45) is 0 Å². The van der Waals surface area contributed by atoms with Crippen molar-refractivity contribution in [1.82, 2.24) is 25.1 Å². The summed E-state index contributed by atoms with van der Waals surface area (Å²) in [7, 11) is 2.99. The summed E-state index contributed by atoms with van der Waals surface area (Å²) in [6.07, 6.45) is -1.42. The molecule has 0 saturated heterocycles. The molecule has 0 bridgehead atoms. The fourth-order valence-electron chi connectivity index (χ4n) is 3.73. The second-order valence-electron chi connectivity index (χ2n) is 7.48. The molecule has 3 amide bonds. The van der Waals surface area contributed by atoms with Gasteiger partial charge in [0.2, 0.25) is 0 Å². The molecule has 4 rings (SSSR count). The monoisotopic (exact) mass is 470 g/mol. The van der Waals surface area contributed by atoms with E-state index in [9.17, 15) is 23.5 Å². The Morgan fingerprint density at radius 3 is 2.84 bits per heavy atom. The molecule has 0 aliphatic carbocycles. The molecule has 10 nitrogen and oxygen atoms in total. The first-order valence-electron chi connectivity index (χ1n) is 9.78. The molecular formula is C19H21ClF2N6O4. The molecule has 13 heteroatoms. The van der Waals surface area contributed by atoms with Crippen LogP contribution in [0.2, 0.25) is 5.02 Å². The van der Waals surface area contributed by atoms with Crippen LogP contribution in [0, 0.1) is 11.6 Å². The van der Waals surface area contributed by atoms with Crippen LogP contribution >= 0.6 is 11.6 Å². The first-order valence-corrected chi connectivity index (χ1v) is 10.2. The summed E-state index contributed by atoms with van der Waals surface area (Å²) in [5.74, 6) is -2.36. The van der Waals surface area contributed by atoms with Gasteiger partial charge >= 0.3 is 6.03 Å². The molecule has 2 atom stereocenters. The van der Waals surface area contributed by atoms with Crippen LogP contribution in [0.25, 0.3) is 0 Å². The van der Waals surface area contributed by atoms with E-state index in [4.69, 9.17) is 16.4 Å². The molecule has 3 N–H and O–H groups in total. The maximum absolute atomic E-state index is 14.0. The van der Waals surface area contributed by atoms with E-state index >= 15 is 0 Å². The maximum atomic E-state index is 14.0. The van der Waals surface area contributed by atoms with Crippen molar-refractivity contribution in [3.8, 4) is 0 Å². The highest BCUT2D eigenvalue weighted by molar-refractivity contribution is 6.31. The normalized spacial score (nSPS) is 19.3. The Balaban J connectivity index is 1.58. The highest BCUT2D eigenvalue weighted by Crippen LogP contribution is 2.28. The van der Waals surface area contributed by atoms with Crippen LogP contribution in [0.15, 0.2) is 12.1 Å². The average Bonchev–Trinajstić information content (AvgIpc) is 3.06. The number of hydrogen-bond acceptors (Lipinski definition) is 6. The molecule has 1 aromatic carbocycles. The zero-order valence-electron chi connectivity index (χ0n) is 17.2. The van der Waals surface area contributed by atoms with E-state index in [1.807, 2.05) is 0 Å². The highest BCUT2D eigenvalue weighted by atomic mass is 35.5. The van der Waals surface area contributed by atoms with Crippen molar-refractivity contribution in [3.05, 3.63) is 45.7 Å². The van der Waals surface area contributed by atoms with Crippen molar-refractivity contribution in [1.29, 1.82) is 0 Å². The van der Waals surface area contributed by atoms with Gasteiger partial charge in [0.15, 0.2) is 0 Å². The Labute approximate surface area is 186 Å². The number of carbonyl (C=O) groups excluding carboxylic acids is 2. The minimum atomic E-state index is -1.03. The number of amides is 3. The topological polar surface area (TPSA) is 112 Å². The molecule has 32 heavy (non-hydrogen) atoms. The lowest BCUT2D eigenvalue weighted by molar-refractivity contribution is -0.184. The molecule has 172 valence electrons. The minimum absolute atomic E-state index is 0.0475. The third-order valence-electron chi connectivity index (χ3n) is 5.42. The number of rotatable bonds is 3. The van der Waals surface area contributed by atoms with Gasteiger partial charge in [-0.25, -0.2) is 18.6 Å². The van der Waals surface area contributed by atoms with Gasteiger partial charge < -0.3 is 15.3 Å². The smallest absolute Gasteiger partial charge is 0.322 e. The van der Waals surface area contributed by atoms with E-state index in [1.165, 1.54) is 16.6 Å². The zero-order valence-corrected chi connectivity index (χ0v) is 18.0. The second kappa shape index (κ2) is 8.62. The number of benzene rings is 1. The van der Waals surface area contributed by atoms with Gasteiger partial charge in [-0.1, -0.05) is 11.6 Å². The maximum Gasteiger partial charge on any atom is 0.322 e. The SMILES string of the molecule is CNC(O)C1Cn2nc3c(c2C(=O)N(C)O1)CN(C(=O)Nc1cc(Cl)c(F)cc1F)CC3. The molecular weight excluding hydrogens is 450 g/mol. The van der Waals surface area contributed by atoms with Crippen LogP contribution < -0.4 is 10.6 Å². The summed E-state index contributed by atoms with van der Waals surface area (Å²) in [6, 6.07) is 0.953. The number of fused-ring (bicyclic) bond motifs is 3. The lowest BCUT2D eigenvalue weighted by Gasteiger charge is -2.27. The number of aliphatic hydroxyl groups excluding tert-OH is 1. The van der Waals surface area contributed by atoms with E-state index in [-0.39, 0.29) is 36.0 Å². The first-order chi connectivity index (χ1) is 15.2. The number of halogens is 3. The number of aromatic nitrogens is 2. The summed E-state index contributed by atoms with van der Waals surface area (Å²) in [6.45, 7) is 0.437. The highest BCUT2D eigenvalue weighted by Gasteiger charge is 2.37.